The van der Waals surface area contributed by atoms with Gasteiger partial charge in [-0.2, -0.15) is 0 Å². The number of nitrogens with zero attached hydrogens (tertiary/aromatic N) is 1. The van der Waals surface area contributed by atoms with Crippen molar-refractivity contribution in [3.05, 3.63) is 90.3 Å². The predicted octanol–water partition coefficient (Wildman–Crippen LogP) is 4.23. The van der Waals surface area contributed by atoms with Crippen LogP contribution in [0.25, 0.3) is 0 Å². The van der Waals surface area contributed by atoms with Gasteiger partial charge in [-0.3, -0.25) is 4.79 Å². The maximum Gasteiger partial charge on any atom is 0.222 e. The fourth-order valence-corrected chi connectivity index (χ4v) is 3.21. The van der Waals surface area contributed by atoms with E-state index in [2.05, 4.69) is 22.0 Å². The van der Waals surface area contributed by atoms with E-state index in [0.717, 1.165) is 24.2 Å². The second kappa shape index (κ2) is 9.62. The first-order chi connectivity index (χ1) is 13.3. The maximum absolute atomic E-state index is 12.5. The van der Waals surface area contributed by atoms with Crippen LogP contribution in [0, 0.1) is 0 Å². The van der Waals surface area contributed by atoms with E-state index in [1.165, 1.54) is 5.56 Å². The number of ether oxygens (including phenoxy) is 1. The van der Waals surface area contributed by atoms with Gasteiger partial charge in [-0.25, -0.2) is 0 Å². The Morgan fingerprint density at radius 1 is 1.04 bits per heavy atom. The standard InChI is InChI=1S/C23H26N2O2/c1-27-21-13-7-12-20(17-21)22(25-15-5-6-16-25)18-23(26)24-14-8-11-19-9-3-2-4-10-19/h2-7,9-10,12-13,15-17,22H,8,11,14,18H2,1H3,(H,24,26). The van der Waals surface area contributed by atoms with Crippen LogP contribution < -0.4 is 10.1 Å². The minimum absolute atomic E-state index is 0.0516. The van der Waals surface area contributed by atoms with Crippen molar-refractivity contribution in [2.24, 2.45) is 0 Å². The highest BCUT2D eigenvalue weighted by molar-refractivity contribution is 5.76. The van der Waals surface area contributed by atoms with Crippen molar-refractivity contribution in [3.63, 3.8) is 0 Å². The number of nitrogens with one attached hydrogen (secondary N) is 1. The van der Waals surface area contributed by atoms with E-state index in [-0.39, 0.29) is 11.9 Å². The summed E-state index contributed by atoms with van der Waals surface area (Å²) in [7, 11) is 1.66. The van der Waals surface area contributed by atoms with Gasteiger partial charge in [-0.1, -0.05) is 42.5 Å². The van der Waals surface area contributed by atoms with Crippen LogP contribution in [0.3, 0.4) is 0 Å². The molecule has 1 unspecified atom stereocenters. The Balaban J connectivity index is 1.58. The summed E-state index contributed by atoms with van der Waals surface area (Å²) in [6.07, 6.45) is 6.29. The van der Waals surface area contributed by atoms with Crippen LogP contribution in [-0.4, -0.2) is 24.1 Å². The molecule has 0 aliphatic heterocycles. The van der Waals surface area contributed by atoms with Gasteiger partial charge in [0.05, 0.1) is 19.6 Å². The molecule has 3 rings (SSSR count). The Morgan fingerprint density at radius 3 is 2.56 bits per heavy atom. The lowest BCUT2D eigenvalue weighted by molar-refractivity contribution is -0.121. The molecule has 0 spiro atoms. The summed E-state index contributed by atoms with van der Waals surface area (Å²) in [5.41, 5.74) is 2.36. The average Bonchev–Trinajstić information content (AvgIpc) is 3.25. The van der Waals surface area contributed by atoms with E-state index < -0.39 is 0 Å². The number of aryl methyl sites for hydroxylation is 1. The molecule has 0 bridgehead atoms. The van der Waals surface area contributed by atoms with E-state index in [1.807, 2.05) is 67.0 Å². The molecule has 0 radical (unpaired) electrons. The molecule has 4 nitrogen and oxygen atoms in total. The number of benzene rings is 2. The second-order valence-corrected chi connectivity index (χ2v) is 6.57. The Morgan fingerprint density at radius 2 is 1.81 bits per heavy atom. The summed E-state index contributed by atoms with van der Waals surface area (Å²) in [6.45, 7) is 0.685. The topological polar surface area (TPSA) is 43.3 Å². The lowest BCUT2D eigenvalue weighted by atomic mass is 10.0. The number of methoxy groups -OCH3 is 1. The largest absolute Gasteiger partial charge is 0.497 e. The van der Waals surface area contributed by atoms with Gasteiger partial charge in [0, 0.05) is 18.9 Å². The fraction of sp³-hybridized carbons (Fsp3) is 0.261. The van der Waals surface area contributed by atoms with Gasteiger partial charge in [0.25, 0.3) is 0 Å². The highest BCUT2D eigenvalue weighted by Gasteiger charge is 2.17. The number of rotatable bonds is 9. The molecular formula is C23H26N2O2. The Kier molecular flexibility index (Phi) is 6.69. The van der Waals surface area contributed by atoms with Crippen LogP contribution in [0.2, 0.25) is 0 Å². The van der Waals surface area contributed by atoms with Crippen molar-refractivity contribution < 1.29 is 9.53 Å². The van der Waals surface area contributed by atoms with E-state index in [9.17, 15) is 4.79 Å². The number of hydrogen-bond donors (Lipinski definition) is 1. The molecule has 0 fully saturated rings. The number of amides is 1. The van der Waals surface area contributed by atoms with Gasteiger partial charge in [-0.15, -0.1) is 0 Å². The third-order valence-corrected chi connectivity index (χ3v) is 4.65. The SMILES string of the molecule is COc1cccc(C(CC(=O)NCCCc2ccccc2)n2cccc2)c1. The zero-order valence-electron chi connectivity index (χ0n) is 15.7. The Bertz CT molecular complexity index is 829. The molecule has 0 saturated carbocycles. The normalized spacial score (nSPS) is 11.7. The molecule has 140 valence electrons. The molecule has 27 heavy (non-hydrogen) atoms. The Hall–Kier alpha value is -3.01. The molecule has 1 heterocycles. The lowest BCUT2D eigenvalue weighted by Crippen LogP contribution is -2.28. The first-order valence-corrected chi connectivity index (χ1v) is 9.33. The Labute approximate surface area is 160 Å². The first-order valence-electron chi connectivity index (χ1n) is 9.33. The molecule has 1 atom stereocenters. The van der Waals surface area contributed by atoms with Crippen LogP contribution in [0.1, 0.15) is 30.0 Å². The van der Waals surface area contributed by atoms with Gasteiger partial charge in [-0.05, 0) is 48.2 Å². The molecule has 1 aromatic heterocycles. The van der Waals surface area contributed by atoms with E-state index in [4.69, 9.17) is 4.74 Å². The summed E-state index contributed by atoms with van der Waals surface area (Å²) in [5, 5.41) is 3.06. The van der Waals surface area contributed by atoms with E-state index in [1.54, 1.807) is 7.11 Å². The van der Waals surface area contributed by atoms with Crippen LogP contribution in [0.5, 0.6) is 5.75 Å². The van der Waals surface area contributed by atoms with E-state index in [0.29, 0.717) is 13.0 Å². The minimum atomic E-state index is -0.0516. The molecule has 2 aromatic carbocycles. The zero-order chi connectivity index (χ0) is 18.9. The van der Waals surface area contributed by atoms with Crippen LogP contribution in [-0.2, 0) is 11.2 Å². The third-order valence-electron chi connectivity index (χ3n) is 4.65. The number of carbonyl (C=O) groups is 1. The first kappa shape index (κ1) is 18.8. The highest BCUT2D eigenvalue weighted by Crippen LogP contribution is 2.25. The van der Waals surface area contributed by atoms with Gasteiger partial charge >= 0.3 is 0 Å². The molecule has 1 amide bonds. The molecular weight excluding hydrogens is 336 g/mol. The average molecular weight is 362 g/mol. The van der Waals surface area contributed by atoms with Crippen molar-refractivity contribution in [1.29, 1.82) is 0 Å². The van der Waals surface area contributed by atoms with Crippen LogP contribution in [0.15, 0.2) is 79.1 Å². The lowest BCUT2D eigenvalue weighted by Gasteiger charge is -2.20. The highest BCUT2D eigenvalue weighted by atomic mass is 16.5. The van der Waals surface area contributed by atoms with Gasteiger partial charge in [0.2, 0.25) is 5.91 Å². The van der Waals surface area contributed by atoms with Crippen molar-refractivity contribution in [2.75, 3.05) is 13.7 Å². The number of carbonyl (C=O) groups excluding carboxylic acids is 1. The summed E-state index contributed by atoms with van der Waals surface area (Å²) in [6, 6.07) is 22.2. The third kappa shape index (κ3) is 5.48. The van der Waals surface area contributed by atoms with E-state index >= 15 is 0 Å². The zero-order valence-corrected chi connectivity index (χ0v) is 15.7. The summed E-state index contributed by atoms with van der Waals surface area (Å²) < 4.78 is 7.41. The second-order valence-electron chi connectivity index (χ2n) is 6.57. The number of hydrogen-bond acceptors (Lipinski definition) is 2. The monoisotopic (exact) mass is 362 g/mol. The molecule has 3 aromatic rings. The number of aromatic nitrogens is 1. The summed E-state index contributed by atoms with van der Waals surface area (Å²) >= 11 is 0. The maximum atomic E-state index is 12.5. The van der Waals surface area contributed by atoms with Crippen molar-refractivity contribution >= 4 is 5.91 Å². The van der Waals surface area contributed by atoms with Crippen LogP contribution >= 0.6 is 0 Å². The molecule has 0 saturated heterocycles. The van der Waals surface area contributed by atoms with Gasteiger partial charge in [0.1, 0.15) is 5.75 Å². The molecule has 0 aliphatic rings. The predicted molar refractivity (Wildman–Crippen MR) is 108 cm³/mol. The molecule has 1 N–H and O–H groups in total. The van der Waals surface area contributed by atoms with Gasteiger partial charge in [0.15, 0.2) is 0 Å². The quantitative estimate of drug-likeness (QED) is 0.579. The minimum Gasteiger partial charge on any atom is -0.497 e. The molecule has 4 heteroatoms. The van der Waals surface area contributed by atoms with Crippen molar-refractivity contribution in [1.82, 2.24) is 9.88 Å². The van der Waals surface area contributed by atoms with Crippen molar-refractivity contribution in [2.45, 2.75) is 25.3 Å². The van der Waals surface area contributed by atoms with Gasteiger partial charge < -0.3 is 14.6 Å². The summed E-state index contributed by atoms with van der Waals surface area (Å²) in [5.74, 6) is 0.859. The smallest absolute Gasteiger partial charge is 0.222 e. The summed E-state index contributed by atoms with van der Waals surface area (Å²) in [4.78, 5) is 12.5. The fourth-order valence-electron chi connectivity index (χ4n) is 3.21. The van der Waals surface area contributed by atoms with Crippen molar-refractivity contribution in [3.8, 4) is 5.75 Å². The molecule has 0 aliphatic carbocycles. The van der Waals surface area contributed by atoms with Crippen LogP contribution in [0.4, 0.5) is 0 Å².